The zero-order valence-electron chi connectivity index (χ0n) is 13.9. The molecule has 0 aromatic carbocycles. The number of urea groups is 1. The minimum absolute atomic E-state index is 0.133. The minimum Gasteiger partial charge on any atom is -0.378 e. The van der Waals surface area contributed by atoms with Gasteiger partial charge in [0.15, 0.2) is 5.82 Å². The third-order valence-electron chi connectivity index (χ3n) is 5.22. The van der Waals surface area contributed by atoms with Crippen LogP contribution < -0.4 is 10.6 Å². The van der Waals surface area contributed by atoms with Crippen LogP contribution in [0.25, 0.3) is 0 Å². The zero-order valence-corrected chi connectivity index (χ0v) is 13.9. The van der Waals surface area contributed by atoms with E-state index in [-0.39, 0.29) is 30.1 Å². The summed E-state index contributed by atoms with van der Waals surface area (Å²) >= 11 is 0. The molecule has 0 bridgehead atoms. The predicted octanol–water partition coefficient (Wildman–Crippen LogP) is 2.31. The normalized spacial score (nSPS) is 25.8. The molecule has 1 aromatic heterocycles. The highest BCUT2D eigenvalue weighted by Crippen LogP contribution is 2.53. The van der Waals surface area contributed by atoms with Crippen LogP contribution in [0.3, 0.4) is 0 Å². The summed E-state index contributed by atoms with van der Waals surface area (Å²) in [6.45, 7) is 4.78. The average Bonchev–Trinajstić information content (AvgIpc) is 2.98. The highest BCUT2D eigenvalue weighted by atomic mass is 16.5. The number of hydrogen-bond acceptors (Lipinski definition) is 5. The number of aryl methyl sites for hydroxylation is 1. The minimum atomic E-state index is -0.169. The lowest BCUT2D eigenvalue weighted by Gasteiger charge is -2.57. The van der Waals surface area contributed by atoms with Gasteiger partial charge >= 0.3 is 6.03 Å². The van der Waals surface area contributed by atoms with Crippen LogP contribution in [0.15, 0.2) is 4.52 Å². The number of carbonyl (C=O) groups excluding carboxylic acids is 1. The van der Waals surface area contributed by atoms with E-state index in [1.165, 1.54) is 19.3 Å². The van der Waals surface area contributed by atoms with Crippen LogP contribution in [-0.2, 0) is 11.3 Å². The molecule has 2 atom stereocenters. The first-order chi connectivity index (χ1) is 11.1. The monoisotopic (exact) mass is 322 g/mol. The Morgan fingerprint density at radius 3 is 2.83 bits per heavy atom. The maximum Gasteiger partial charge on any atom is 0.315 e. The summed E-state index contributed by atoms with van der Waals surface area (Å²) in [6, 6.07) is 0.0312. The Balaban J connectivity index is 1.53. The van der Waals surface area contributed by atoms with E-state index in [2.05, 4.69) is 20.8 Å². The second-order valence-electron chi connectivity index (χ2n) is 6.58. The molecule has 128 valence electrons. The fourth-order valence-electron chi connectivity index (χ4n) is 4.05. The Hall–Kier alpha value is -1.63. The molecule has 2 aliphatic rings. The van der Waals surface area contributed by atoms with E-state index in [1.54, 1.807) is 6.92 Å². The largest absolute Gasteiger partial charge is 0.378 e. The van der Waals surface area contributed by atoms with Gasteiger partial charge in [-0.05, 0) is 26.2 Å². The maximum atomic E-state index is 12.2. The van der Waals surface area contributed by atoms with Crippen LogP contribution >= 0.6 is 0 Å². The predicted molar refractivity (Wildman–Crippen MR) is 83.7 cm³/mol. The van der Waals surface area contributed by atoms with Crippen molar-refractivity contribution in [3.8, 4) is 0 Å². The zero-order chi connectivity index (χ0) is 16.3. The molecular formula is C16H26N4O3. The molecule has 23 heavy (non-hydrogen) atoms. The van der Waals surface area contributed by atoms with E-state index < -0.39 is 0 Å². The summed E-state index contributed by atoms with van der Waals surface area (Å²) in [7, 11) is 0. The number of hydrogen-bond donors (Lipinski definition) is 2. The number of carbonyl (C=O) groups is 1. The molecule has 0 aliphatic heterocycles. The third-order valence-corrected chi connectivity index (χ3v) is 5.22. The van der Waals surface area contributed by atoms with Gasteiger partial charge in [-0.25, -0.2) is 4.79 Å². The van der Waals surface area contributed by atoms with Crippen LogP contribution in [0.2, 0.25) is 0 Å². The Morgan fingerprint density at radius 1 is 1.39 bits per heavy atom. The Morgan fingerprint density at radius 2 is 2.17 bits per heavy atom. The smallest absolute Gasteiger partial charge is 0.315 e. The average molecular weight is 322 g/mol. The summed E-state index contributed by atoms with van der Waals surface area (Å²) in [6.07, 6.45) is 7.23. The van der Waals surface area contributed by atoms with Crippen molar-refractivity contribution in [2.45, 2.75) is 71.1 Å². The van der Waals surface area contributed by atoms with Crippen LogP contribution in [0, 0.1) is 12.3 Å². The Bertz CT molecular complexity index is 539. The molecule has 1 aromatic rings. The highest BCUT2D eigenvalue weighted by Gasteiger charge is 2.56. The number of nitrogens with zero attached hydrogens (tertiary/aromatic N) is 2. The van der Waals surface area contributed by atoms with Crippen molar-refractivity contribution in [1.82, 2.24) is 20.8 Å². The molecule has 3 rings (SSSR count). The standard InChI is InChI=1S/C16H26N4O3/c1-3-22-13-9-12(16(13)7-5-4-6-8-16)19-15(21)17-10-14-18-11(2)23-20-14/h12-13H,3-10H2,1-2H3,(H2,17,19,21)/t12-,13-/m0/s1. The van der Waals surface area contributed by atoms with Crippen molar-refractivity contribution >= 4 is 6.03 Å². The highest BCUT2D eigenvalue weighted by molar-refractivity contribution is 5.74. The van der Waals surface area contributed by atoms with Gasteiger partial charge in [0.2, 0.25) is 5.89 Å². The van der Waals surface area contributed by atoms with Crippen molar-refractivity contribution in [3.05, 3.63) is 11.7 Å². The molecule has 2 fully saturated rings. The van der Waals surface area contributed by atoms with Crippen molar-refractivity contribution < 1.29 is 14.1 Å². The molecule has 0 saturated heterocycles. The van der Waals surface area contributed by atoms with Crippen molar-refractivity contribution in [2.24, 2.45) is 5.41 Å². The molecule has 1 heterocycles. The van der Waals surface area contributed by atoms with E-state index >= 15 is 0 Å². The van der Waals surface area contributed by atoms with Gasteiger partial charge in [-0.1, -0.05) is 24.4 Å². The first kappa shape index (κ1) is 16.2. The topological polar surface area (TPSA) is 89.3 Å². The molecule has 7 nitrogen and oxygen atoms in total. The van der Waals surface area contributed by atoms with Crippen molar-refractivity contribution in [1.29, 1.82) is 0 Å². The molecule has 0 unspecified atom stereocenters. The molecule has 2 N–H and O–H groups in total. The number of ether oxygens (including phenoxy) is 1. The van der Waals surface area contributed by atoms with Gasteiger partial charge in [0.25, 0.3) is 0 Å². The number of rotatable bonds is 5. The van der Waals surface area contributed by atoms with Gasteiger partial charge in [0.05, 0.1) is 12.6 Å². The van der Waals surface area contributed by atoms with E-state index in [0.29, 0.717) is 11.7 Å². The summed E-state index contributed by atoms with van der Waals surface area (Å²) in [5.74, 6) is 0.993. The lowest BCUT2D eigenvalue weighted by Crippen LogP contribution is -2.66. The van der Waals surface area contributed by atoms with Gasteiger partial charge in [0.1, 0.15) is 0 Å². The van der Waals surface area contributed by atoms with Gasteiger partial charge in [-0.3, -0.25) is 0 Å². The van der Waals surface area contributed by atoms with Crippen LogP contribution in [0.5, 0.6) is 0 Å². The van der Waals surface area contributed by atoms with Crippen molar-refractivity contribution in [3.63, 3.8) is 0 Å². The molecule has 0 radical (unpaired) electrons. The third kappa shape index (κ3) is 3.34. The van der Waals surface area contributed by atoms with E-state index in [1.807, 2.05) is 6.92 Å². The van der Waals surface area contributed by atoms with Crippen LogP contribution in [-0.4, -0.2) is 34.9 Å². The summed E-state index contributed by atoms with van der Waals surface area (Å²) < 4.78 is 10.8. The number of nitrogens with one attached hydrogen (secondary N) is 2. The van der Waals surface area contributed by atoms with Gasteiger partial charge in [-0.15, -0.1) is 0 Å². The number of amides is 2. The Kier molecular flexibility index (Phi) is 4.84. The molecule has 1 spiro atoms. The summed E-state index contributed by atoms with van der Waals surface area (Å²) in [4.78, 5) is 16.2. The SMILES string of the molecule is CCO[C@H]1C[C@H](NC(=O)NCc2noc(C)n2)C12CCCCC2. The first-order valence-electron chi connectivity index (χ1n) is 8.59. The fourth-order valence-corrected chi connectivity index (χ4v) is 4.05. The van der Waals surface area contributed by atoms with E-state index in [4.69, 9.17) is 9.26 Å². The summed E-state index contributed by atoms with van der Waals surface area (Å²) in [5.41, 5.74) is 0.133. The molecular weight excluding hydrogens is 296 g/mol. The number of aromatic nitrogens is 2. The molecule has 2 saturated carbocycles. The van der Waals surface area contributed by atoms with Gasteiger partial charge in [0, 0.05) is 25.0 Å². The molecule has 2 aliphatic carbocycles. The second-order valence-corrected chi connectivity index (χ2v) is 6.58. The second kappa shape index (κ2) is 6.86. The molecule has 7 heteroatoms. The first-order valence-corrected chi connectivity index (χ1v) is 8.59. The van der Waals surface area contributed by atoms with Crippen molar-refractivity contribution in [2.75, 3.05) is 6.61 Å². The van der Waals surface area contributed by atoms with Crippen LogP contribution in [0.4, 0.5) is 4.79 Å². The lowest BCUT2D eigenvalue weighted by atomic mass is 9.55. The lowest BCUT2D eigenvalue weighted by molar-refractivity contribution is -0.146. The summed E-state index contributed by atoms with van der Waals surface area (Å²) in [5, 5.41) is 9.70. The maximum absolute atomic E-state index is 12.2. The van der Waals surface area contributed by atoms with E-state index in [9.17, 15) is 4.79 Å². The van der Waals surface area contributed by atoms with E-state index in [0.717, 1.165) is 25.9 Å². The molecule has 2 amide bonds. The fraction of sp³-hybridized carbons (Fsp3) is 0.812. The Labute approximate surface area is 136 Å². The van der Waals surface area contributed by atoms with Gasteiger partial charge in [-0.2, -0.15) is 4.98 Å². The van der Waals surface area contributed by atoms with Gasteiger partial charge < -0.3 is 19.9 Å². The quantitative estimate of drug-likeness (QED) is 0.868. The van der Waals surface area contributed by atoms with Crippen LogP contribution in [0.1, 0.15) is 57.2 Å².